The van der Waals surface area contributed by atoms with Gasteiger partial charge in [0.25, 0.3) is 5.72 Å². The van der Waals surface area contributed by atoms with E-state index in [2.05, 4.69) is 49.8 Å². The minimum absolute atomic E-state index is 0.0448. The predicted molar refractivity (Wildman–Crippen MR) is 106 cm³/mol. The van der Waals surface area contributed by atoms with E-state index in [0.29, 0.717) is 0 Å². The number of hydrogen-bond acceptors (Lipinski definition) is 4. The van der Waals surface area contributed by atoms with Crippen LogP contribution >= 0.6 is 15.9 Å². The first kappa shape index (κ1) is 21.9. The van der Waals surface area contributed by atoms with Crippen LogP contribution in [0.3, 0.4) is 0 Å². The summed E-state index contributed by atoms with van der Waals surface area (Å²) in [5.74, 6) is -1.70. The molecule has 0 bridgehead atoms. The van der Waals surface area contributed by atoms with E-state index in [9.17, 15) is 14.7 Å². The zero-order chi connectivity index (χ0) is 20.2. The quantitative estimate of drug-likeness (QED) is 0.381. The maximum Gasteiger partial charge on any atom is 0.358 e. The lowest BCUT2D eigenvalue weighted by Crippen LogP contribution is -2.72. The monoisotopic (exact) mass is 449 g/mol. The van der Waals surface area contributed by atoms with Crippen LogP contribution in [-0.4, -0.2) is 59.5 Å². The summed E-state index contributed by atoms with van der Waals surface area (Å²) in [5, 5.41) is 9.91. The van der Waals surface area contributed by atoms with Crippen molar-refractivity contribution in [3.63, 3.8) is 0 Å². The van der Waals surface area contributed by atoms with Crippen molar-refractivity contribution in [1.82, 2.24) is 4.90 Å². The first-order chi connectivity index (χ1) is 11.7. The molecular formula is C18H32BrNO5Si. The molecule has 2 rings (SSSR count). The SMILES string of the molecule is CCOC1(C(=O)O)C(Br)[C@@H](C)[C@H]2[C@@H]([C@@H](C)O[Si](C)(C)C(C)(C)C)C(=O)N21. The number of carbonyl (C=O) groups is 2. The fourth-order valence-corrected chi connectivity index (χ4v) is 6.28. The van der Waals surface area contributed by atoms with E-state index < -0.39 is 24.8 Å². The highest BCUT2D eigenvalue weighted by Gasteiger charge is 2.73. The molecule has 1 amide bonds. The highest BCUT2D eigenvalue weighted by Crippen LogP contribution is 2.54. The van der Waals surface area contributed by atoms with Gasteiger partial charge >= 0.3 is 5.97 Å². The average molecular weight is 450 g/mol. The molecule has 2 aliphatic heterocycles. The minimum atomic E-state index is -2.03. The predicted octanol–water partition coefficient (Wildman–Crippen LogP) is 3.45. The van der Waals surface area contributed by atoms with Crippen molar-refractivity contribution in [2.24, 2.45) is 11.8 Å². The molecule has 0 saturated carbocycles. The number of rotatable bonds is 6. The van der Waals surface area contributed by atoms with Gasteiger partial charge in [-0.3, -0.25) is 9.69 Å². The average Bonchev–Trinajstić information content (AvgIpc) is 2.65. The van der Waals surface area contributed by atoms with Crippen LogP contribution in [0.4, 0.5) is 0 Å². The number of hydrogen-bond donors (Lipinski definition) is 1. The van der Waals surface area contributed by atoms with E-state index >= 15 is 0 Å². The highest BCUT2D eigenvalue weighted by molar-refractivity contribution is 9.09. The fourth-order valence-electron chi connectivity index (χ4n) is 3.99. The summed E-state index contributed by atoms with van der Waals surface area (Å²) in [6.07, 6.45) is -0.252. The Labute approximate surface area is 165 Å². The molecule has 0 aromatic heterocycles. The zero-order valence-corrected chi connectivity index (χ0v) is 19.6. The van der Waals surface area contributed by atoms with Gasteiger partial charge < -0.3 is 14.3 Å². The Hall–Kier alpha value is -0.443. The van der Waals surface area contributed by atoms with Gasteiger partial charge in [0.1, 0.15) is 0 Å². The van der Waals surface area contributed by atoms with Crippen LogP contribution in [-0.2, 0) is 18.8 Å². The van der Waals surface area contributed by atoms with Gasteiger partial charge in [-0.1, -0.05) is 43.6 Å². The molecule has 2 aliphatic rings. The smallest absolute Gasteiger partial charge is 0.358 e. The summed E-state index contributed by atoms with van der Waals surface area (Å²) in [6, 6.07) is -0.200. The van der Waals surface area contributed by atoms with E-state index in [1.807, 2.05) is 13.8 Å². The normalized spacial score (nSPS) is 35.9. The third-order valence-corrected chi connectivity index (χ3v) is 12.4. The second-order valence-electron chi connectivity index (χ2n) is 9.00. The van der Waals surface area contributed by atoms with Crippen LogP contribution < -0.4 is 0 Å². The summed E-state index contributed by atoms with van der Waals surface area (Å²) >= 11 is 3.52. The Kier molecular flexibility index (Phi) is 5.77. The van der Waals surface area contributed by atoms with Crippen LogP contribution in [0.15, 0.2) is 0 Å². The summed E-state index contributed by atoms with van der Waals surface area (Å²) < 4.78 is 12.1. The Balaban J connectivity index is 2.30. The summed E-state index contributed by atoms with van der Waals surface area (Å²) in [5.41, 5.74) is -1.64. The summed E-state index contributed by atoms with van der Waals surface area (Å²) in [7, 11) is -2.03. The van der Waals surface area contributed by atoms with Crippen LogP contribution in [0.5, 0.6) is 0 Å². The topological polar surface area (TPSA) is 76.1 Å². The fraction of sp³-hybridized carbons (Fsp3) is 0.889. The molecule has 2 fully saturated rings. The first-order valence-corrected chi connectivity index (χ1v) is 13.1. The van der Waals surface area contributed by atoms with Crippen molar-refractivity contribution in [2.45, 2.75) is 82.4 Å². The van der Waals surface area contributed by atoms with Gasteiger partial charge in [0, 0.05) is 6.61 Å². The van der Waals surface area contributed by atoms with Crippen molar-refractivity contribution >= 4 is 36.1 Å². The molecule has 26 heavy (non-hydrogen) atoms. The van der Waals surface area contributed by atoms with Crippen molar-refractivity contribution in [3.05, 3.63) is 0 Å². The molecule has 0 aromatic rings. The standard InChI is InChI=1S/C18H32BrNO5Si/c1-9-24-18(16(22)23)14(19)10(2)13-12(15(21)20(13)18)11(3)25-26(7,8)17(4,5)6/h10-14H,9H2,1-8H3,(H,22,23)/t10-,11+,12+,13-,14?,18?/m0/s1. The Morgan fingerprint density at radius 3 is 2.38 bits per heavy atom. The second kappa shape index (κ2) is 6.86. The number of aliphatic carboxylic acids is 1. The molecule has 0 aliphatic carbocycles. The maximum absolute atomic E-state index is 13.0. The molecule has 2 unspecified atom stereocenters. The molecule has 2 saturated heterocycles. The van der Waals surface area contributed by atoms with Crippen molar-refractivity contribution in [2.75, 3.05) is 6.61 Å². The number of alkyl halides is 1. The van der Waals surface area contributed by atoms with Crippen LogP contribution in [0.1, 0.15) is 41.5 Å². The van der Waals surface area contributed by atoms with Crippen molar-refractivity contribution < 1.29 is 23.9 Å². The molecule has 0 radical (unpaired) electrons. The van der Waals surface area contributed by atoms with Gasteiger partial charge in [-0.05, 0) is 37.9 Å². The number of β-lactam (4-membered cyclic amide) rings is 1. The van der Waals surface area contributed by atoms with Gasteiger partial charge in [-0.15, -0.1) is 0 Å². The second-order valence-corrected chi connectivity index (χ2v) is 14.7. The van der Waals surface area contributed by atoms with E-state index in [4.69, 9.17) is 9.16 Å². The number of ether oxygens (including phenoxy) is 1. The Morgan fingerprint density at radius 2 is 1.96 bits per heavy atom. The molecule has 6 atom stereocenters. The van der Waals surface area contributed by atoms with Crippen LogP contribution in [0.25, 0.3) is 0 Å². The third-order valence-electron chi connectivity index (χ3n) is 6.38. The molecule has 1 N–H and O–H groups in total. The summed E-state index contributed by atoms with van der Waals surface area (Å²) in [6.45, 7) is 16.7. The molecule has 2 heterocycles. The number of amides is 1. The van der Waals surface area contributed by atoms with Gasteiger partial charge in [0.2, 0.25) is 5.91 Å². The lowest BCUT2D eigenvalue weighted by molar-refractivity contribution is -0.215. The first-order valence-electron chi connectivity index (χ1n) is 9.26. The number of fused-ring (bicyclic) bond motifs is 1. The lowest BCUT2D eigenvalue weighted by atomic mass is 9.79. The number of halogens is 1. The van der Waals surface area contributed by atoms with Crippen molar-refractivity contribution in [3.8, 4) is 0 Å². The summed E-state index contributed by atoms with van der Waals surface area (Å²) in [4.78, 5) is 26.0. The van der Waals surface area contributed by atoms with Gasteiger partial charge in [-0.2, -0.15) is 0 Å². The van der Waals surface area contributed by atoms with Gasteiger partial charge in [-0.25, -0.2) is 4.79 Å². The largest absolute Gasteiger partial charge is 0.478 e. The maximum atomic E-state index is 13.0. The van der Waals surface area contributed by atoms with Gasteiger partial charge in [0.15, 0.2) is 8.32 Å². The molecule has 8 heteroatoms. The zero-order valence-electron chi connectivity index (χ0n) is 17.0. The van der Waals surface area contributed by atoms with E-state index in [1.165, 1.54) is 4.90 Å². The Morgan fingerprint density at radius 1 is 1.42 bits per heavy atom. The number of carboxylic acids is 1. The third kappa shape index (κ3) is 2.97. The van der Waals surface area contributed by atoms with Crippen LogP contribution in [0.2, 0.25) is 18.1 Å². The minimum Gasteiger partial charge on any atom is -0.478 e. The van der Waals surface area contributed by atoms with E-state index in [1.54, 1.807) is 6.92 Å². The van der Waals surface area contributed by atoms with E-state index in [0.717, 1.165) is 0 Å². The van der Waals surface area contributed by atoms with Crippen molar-refractivity contribution in [1.29, 1.82) is 0 Å². The van der Waals surface area contributed by atoms with E-state index in [-0.39, 0.29) is 41.5 Å². The molecular weight excluding hydrogens is 418 g/mol. The Bertz CT molecular complexity index is 593. The van der Waals surface area contributed by atoms with Crippen LogP contribution in [0, 0.1) is 11.8 Å². The molecule has 0 aromatic carbocycles. The van der Waals surface area contributed by atoms with Gasteiger partial charge in [0.05, 0.1) is 22.9 Å². The molecule has 150 valence electrons. The number of carbonyl (C=O) groups excluding carboxylic acids is 1. The number of nitrogens with zero attached hydrogens (tertiary/aromatic N) is 1. The number of carboxylic acid groups (broad SMARTS) is 1. The molecule has 0 spiro atoms. The lowest BCUT2D eigenvalue weighted by Gasteiger charge is -2.52. The molecule has 6 nitrogen and oxygen atoms in total. The highest BCUT2D eigenvalue weighted by atomic mass is 79.9.